The van der Waals surface area contributed by atoms with Crippen molar-refractivity contribution >= 4 is 22.9 Å². The maximum atomic E-state index is 11.9. The number of amides is 1. The Balaban J connectivity index is 1.62. The first-order valence-electron chi connectivity index (χ1n) is 6.90. The van der Waals surface area contributed by atoms with E-state index >= 15 is 0 Å². The van der Waals surface area contributed by atoms with Crippen LogP contribution in [0.2, 0.25) is 0 Å². The Morgan fingerprint density at radius 3 is 2.86 bits per heavy atom. The molecule has 0 aliphatic rings. The molecule has 0 saturated carbocycles. The molecule has 1 aromatic carbocycles. The van der Waals surface area contributed by atoms with Gasteiger partial charge in [0.15, 0.2) is 0 Å². The van der Waals surface area contributed by atoms with Crippen LogP contribution in [0, 0.1) is 0 Å². The van der Waals surface area contributed by atoms with Crippen LogP contribution in [0.15, 0.2) is 41.2 Å². The number of para-hydroxylation sites is 2. The zero-order chi connectivity index (χ0) is 15.5. The minimum Gasteiger partial charge on any atom is -0.324 e. The number of aromatic nitrogens is 4. The quantitative estimate of drug-likeness (QED) is 0.757. The second-order valence-corrected chi connectivity index (χ2v) is 4.94. The van der Waals surface area contributed by atoms with Crippen LogP contribution >= 0.6 is 0 Å². The number of imidazole rings is 1. The molecule has 0 saturated heterocycles. The van der Waals surface area contributed by atoms with Gasteiger partial charge in [0.25, 0.3) is 5.56 Å². The average molecular weight is 297 g/mol. The lowest BCUT2D eigenvalue weighted by Gasteiger charge is -2.03. The van der Waals surface area contributed by atoms with E-state index in [1.807, 2.05) is 24.3 Å². The van der Waals surface area contributed by atoms with Gasteiger partial charge < -0.3 is 4.98 Å². The molecule has 0 fully saturated rings. The van der Waals surface area contributed by atoms with Crippen LogP contribution in [0.25, 0.3) is 11.0 Å². The molecule has 1 amide bonds. The molecule has 0 spiro atoms. The first-order valence-corrected chi connectivity index (χ1v) is 6.90. The van der Waals surface area contributed by atoms with Crippen molar-refractivity contribution < 1.29 is 4.79 Å². The van der Waals surface area contributed by atoms with Crippen LogP contribution in [0.4, 0.5) is 5.95 Å². The summed E-state index contributed by atoms with van der Waals surface area (Å²) in [4.78, 5) is 30.5. The van der Waals surface area contributed by atoms with Gasteiger partial charge in [0.2, 0.25) is 11.9 Å². The van der Waals surface area contributed by atoms with E-state index in [1.165, 1.54) is 10.7 Å². The molecule has 0 radical (unpaired) electrons. The van der Waals surface area contributed by atoms with Gasteiger partial charge in [-0.1, -0.05) is 12.1 Å². The number of aryl methyl sites for hydroxylation is 2. The minimum atomic E-state index is -0.171. The Morgan fingerprint density at radius 1 is 1.27 bits per heavy atom. The summed E-state index contributed by atoms with van der Waals surface area (Å²) in [6, 6.07) is 10.6. The lowest BCUT2D eigenvalue weighted by molar-refractivity contribution is -0.116. The van der Waals surface area contributed by atoms with Crippen LogP contribution in [-0.2, 0) is 18.3 Å². The Morgan fingerprint density at radius 2 is 2.09 bits per heavy atom. The Labute approximate surface area is 126 Å². The number of nitrogens with zero attached hydrogens (tertiary/aromatic N) is 3. The summed E-state index contributed by atoms with van der Waals surface area (Å²) >= 11 is 0. The van der Waals surface area contributed by atoms with Crippen LogP contribution in [0.3, 0.4) is 0 Å². The van der Waals surface area contributed by atoms with E-state index in [-0.39, 0.29) is 17.9 Å². The highest BCUT2D eigenvalue weighted by Crippen LogP contribution is 2.13. The largest absolute Gasteiger partial charge is 0.324 e. The zero-order valence-corrected chi connectivity index (χ0v) is 12.0. The average Bonchev–Trinajstić information content (AvgIpc) is 2.90. The molecule has 112 valence electrons. The van der Waals surface area contributed by atoms with E-state index in [1.54, 1.807) is 13.1 Å². The van der Waals surface area contributed by atoms with E-state index in [0.29, 0.717) is 18.1 Å². The number of hydrogen-bond donors (Lipinski definition) is 2. The SMILES string of the molecule is Cn1nc(CCC(=O)Nc2nc3ccccc3[nH]2)ccc1=O. The van der Waals surface area contributed by atoms with Crippen molar-refractivity contribution in [2.75, 3.05) is 5.32 Å². The maximum absolute atomic E-state index is 11.9. The molecule has 3 aromatic rings. The Hall–Kier alpha value is -2.96. The summed E-state index contributed by atoms with van der Waals surface area (Å²) in [5, 5.41) is 6.81. The summed E-state index contributed by atoms with van der Waals surface area (Å²) in [7, 11) is 1.58. The van der Waals surface area contributed by atoms with Gasteiger partial charge in [-0.25, -0.2) is 9.67 Å². The summed E-state index contributed by atoms with van der Waals surface area (Å²) in [5.41, 5.74) is 2.20. The number of benzene rings is 1. The first kappa shape index (κ1) is 14.0. The molecule has 2 aromatic heterocycles. The number of H-pyrrole nitrogens is 1. The monoisotopic (exact) mass is 297 g/mol. The first-order chi connectivity index (χ1) is 10.6. The Bertz CT molecular complexity index is 848. The lowest BCUT2D eigenvalue weighted by Crippen LogP contribution is -2.20. The van der Waals surface area contributed by atoms with Gasteiger partial charge in [0.1, 0.15) is 0 Å². The number of carbonyl (C=O) groups is 1. The minimum absolute atomic E-state index is 0.158. The molecular weight excluding hydrogens is 282 g/mol. The van der Waals surface area contributed by atoms with Gasteiger partial charge >= 0.3 is 0 Å². The number of nitrogens with one attached hydrogen (secondary N) is 2. The molecule has 3 rings (SSSR count). The standard InChI is InChI=1S/C15H15N5O2/c1-20-14(22)9-7-10(19-20)6-8-13(21)18-15-16-11-4-2-3-5-12(11)17-15/h2-5,7,9H,6,8H2,1H3,(H2,16,17,18,21). The molecule has 0 bridgehead atoms. The number of aromatic amines is 1. The normalized spacial score (nSPS) is 10.8. The Kier molecular flexibility index (Phi) is 3.69. The maximum Gasteiger partial charge on any atom is 0.266 e. The fourth-order valence-corrected chi connectivity index (χ4v) is 2.13. The number of fused-ring (bicyclic) bond motifs is 1. The fraction of sp³-hybridized carbons (Fsp3) is 0.200. The molecule has 0 aliphatic carbocycles. The van der Waals surface area contributed by atoms with Crippen molar-refractivity contribution in [2.24, 2.45) is 7.05 Å². The molecule has 22 heavy (non-hydrogen) atoms. The van der Waals surface area contributed by atoms with Crippen LogP contribution in [-0.4, -0.2) is 25.7 Å². The van der Waals surface area contributed by atoms with Gasteiger partial charge in [-0.2, -0.15) is 5.10 Å². The third kappa shape index (κ3) is 3.03. The zero-order valence-electron chi connectivity index (χ0n) is 12.0. The van der Waals surface area contributed by atoms with Crippen molar-refractivity contribution in [3.63, 3.8) is 0 Å². The summed E-state index contributed by atoms with van der Waals surface area (Å²) in [6.07, 6.45) is 0.725. The molecule has 0 atom stereocenters. The van der Waals surface area contributed by atoms with E-state index in [9.17, 15) is 9.59 Å². The molecule has 7 nitrogen and oxygen atoms in total. The van der Waals surface area contributed by atoms with Crippen LogP contribution in [0.5, 0.6) is 0 Å². The highest BCUT2D eigenvalue weighted by molar-refractivity contribution is 5.91. The molecular formula is C15H15N5O2. The van der Waals surface area contributed by atoms with Crippen molar-refractivity contribution in [3.05, 3.63) is 52.4 Å². The molecule has 2 N–H and O–H groups in total. The predicted octanol–water partition coefficient (Wildman–Crippen LogP) is 1.23. The molecule has 2 heterocycles. The van der Waals surface area contributed by atoms with Gasteiger partial charge in [-0.3, -0.25) is 14.9 Å². The van der Waals surface area contributed by atoms with Crippen LogP contribution < -0.4 is 10.9 Å². The topological polar surface area (TPSA) is 92.7 Å². The van der Waals surface area contributed by atoms with E-state index < -0.39 is 0 Å². The number of anilines is 1. The third-order valence-corrected chi connectivity index (χ3v) is 3.27. The summed E-state index contributed by atoms with van der Waals surface area (Å²) < 4.78 is 1.26. The number of carbonyl (C=O) groups excluding carboxylic acids is 1. The highest BCUT2D eigenvalue weighted by Gasteiger charge is 2.08. The lowest BCUT2D eigenvalue weighted by atomic mass is 10.2. The summed E-state index contributed by atoms with van der Waals surface area (Å²) in [5.74, 6) is 0.273. The third-order valence-electron chi connectivity index (χ3n) is 3.27. The smallest absolute Gasteiger partial charge is 0.266 e. The molecule has 0 aliphatic heterocycles. The van der Waals surface area contributed by atoms with Gasteiger partial charge in [0.05, 0.1) is 16.7 Å². The summed E-state index contributed by atoms with van der Waals surface area (Å²) in [6.45, 7) is 0. The van der Waals surface area contributed by atoms with Crippen molar-refractivity contribution in [3.8, 4) is 0 Å². The van der Waals surface area contributed by atoms with Crippen molar-refractivity contribution in [2.45, 2.75) is 12.8 Å². The van der Waals surface area contributed by atoms with Gasteiger partial charge in [-0.15, -0.1) is 0 Å². The van der Waals surface area contributed by atoms with Gasteiger partial charge in [-0.05, 0) is 18.2 Å². The molecule has 7 heteroatoms. The second-order valence-electron chi connectivity index (χ2n) is 4.94. The second kappa shape index (κ2) is 5.80. The highest BCUT2D eigenvalue weighted by atomic mass is 16.1. The van der Waals surface area contributed by atoms with Crippen molar-refractivity contribution in [1.82, 2.24) is 19.7 Å². The number of hydrogen-bond acceptors (Lipinski definition) is 4. The van der Waals surface area contributed by atoms with E-state index in [0.717, 1.165) is 11.0 Å². The predicted molar refractivity (Wildman–Crippen MR) is 82.5 cm³/mol. The van der Waals surface area contributed by atoms with E-state index in [2.05, 4.69) is 20.4 Å². The van der Waals surface area contributed by atoms with Gasteiger partial charge in [0, 0.05) is 26.0 Å². The van der Waals surface area contributed by atoms with E-state index in [4.69, 9.17) is 0 Å². The fourth-order valence-electron chi connectivity index (χ4n) is 2.13. The molecule has 0 unspecified atom stereocenters. The van der Waals surface area contributed by atoms with Crippen LogP contribution in [0.1, 0.15) is 12.1 Å². The van der Waals surface area contributed by atoms with Crippen molar-refractivity contribution in [1.29, 1.82) is 0 Å². The number of rotatable bonds is 4.